The molecule has 174 valence electrons. The quantitative estimate of drug-likeness (QED) is 0.291. The average Bonchev–Trinajstić information content (AvgIpc) is 2.72. The number of nitrogens with two attached hydrogens (primary N) is 1. The van der Waals surface area contributed by atoms with Gasteiger partial charge >= 0.3 is 8.03 Å². The topological polar surface area (TPSA) is 142 Å². The predicted octanol–water partition coefficient (Wildman–Crippen LogP) is 2.05. The third-order valence-electron chi connectivity index (χ3n) is 6.31. The molecular weight excluding hydrogens is 405 g/mol. The maximum Gasteiger partial charge on any atom is 0.509 e. The highest BCUT2D eigenvalue weighted by Gasteiger charge is 2.39. The Balaban J connectivity index is 2.60. The molecule has 1 aliphatic rings. The van der Waals surface area contributed by atoms with E-state index in [4.69, 9.17) is 5.73 Å². The van der Waals surface area contributed by atoms with Crippen LogP contribution in [0.25, 0.3) is 0 Å². The van der Waals surface area contributed by atoms with Gasteiger partial charge in [-0.25, -0.2) is 0 Å². The van der Waals surface area contributed by atoms with E-state index in [1.54, 1.807) is 0 Å². The van der Waals surface area contributed by atoms with Crippen LogP contribution in [0.15, 0.2) is 0 Å². The highest BCUT2D eigenvalue weighted by molar-refractivity contribution is 7.38. The summed E-state index contributed by atoms with van der Waals surface area (Å²) in [6, 6.07) is -1.45. The molecule has 1 aliphatic carbocycles. The zero-order valence-corrected chi connectivity index (χ0v) is 19.7. The Labute approximate surface area is 181 Å². The van der Waals surface area contributed by atoms with E-state index in [2.05, 4.69) is 10.6 Å². The van der Waals surface area contributed by atoms with Gasteiger partial charge in [0.2, 0.25) is 11.8 Å². The highest BCUT2D eigenvalue weighted by Crippen LogP contribution is 2.40. The van der Waals surface area contributed by atoms with E-state index < -0.39 is 37.8 Å². The maximum absolute atomic E-state index is 12.6. The molecule has 2 amide bonds. The van der Waals surface area contributed by atoms with E-state index in [1.165, 1.54) is 0 Å². The predicted molar refractivity (Wildman–Crippen MR) is 118 cm³/mol. The van der Waals surface area contributed by atoms with Gasteiger partial charge in [0.15, 0.2) is 5.66 Å². The third-order valence-corrected chi connectivity index (χ3v) is 7.51. The van der Waals surface area contributed by atoms with Gasteiger partial charge in [-0.1, -0.05) is 53.4 Å². The molecule has 0 radical (unpaired) electrons. The minimum absolute atomic E-state index is 0.000112. The molecule has 0 bridgehead atoms. The van der Waals surface area contributed by atoms with Crippen molar-refractivity contribution in [3.63, 3.8) is 0 Å². The average molecular weight is 447 g/mol. The number of carbonyl (C=O) groups excluding carboxylic acids is 2. The Hall–Kier alpha value is -1.08. The number of hydrogen-bond acceptors (Lipinski definition) is 5. The van der Waals surface area contributed by atoms with Crippen LogP contribution in [0.1, 0.15) is 72.6 Å². The molecule has 8 nitrogen and oxygen atoms in total. The Bertz CT molecular complexity index is 569. The molecule has 0 heterocycles. The first kappa shape index (κ1) is 27.0. The summed E-state index contributed by atoms with van der Waals surface area (Å²) in [5.74, 6) is -0.774. The largest absolute Gasteiger partial charge is 0.509 e. The normalized spacial score (nSPS) is 20.7. The number of aliphatic hydroxyl groups excluding tert-OH is 1. The first-order valence-corrected chi connectivity index (χ1v) is 12.5. The number of carbonyl (C=O) groups is 2. The monoisotopic (exact) mass is 446 g/mol. The van der Waals surface area contributed by atoms with Gasteiger partial charge in [0.05, 0.1) is 12.1 Å². The van der Waals surface area contributed by atoms with Gasteiger partial charge in [-0.05, 0) is 29.2 Å². The van der Waals surface area contributed by atoms with E-state index in [9.17, 15) is 24.2 Å². The molecule has 1 rings (SSSR count). The second-order valence-corrected chi connectivity index (χ2v) is 10.3. The third kappa shape index (κ3) is 8.58. The first-order chi connectivity index (χ1) is 14.1. The van der Waals surface area contributed by atoms with Crippen LogP contribution < -0.4 is 16.4 Å². The summed E-state index contributed by atoms with van der Waals surface area (Å²) in [4.78, 5) is 34.7. The Kier molecular flexibility index (Phi) is 12.0. The van der Waals surface area contributed by atoms with Crippen LogP contribution >= 0.6 is 8.03 Å². The second-order valence-electron chi connectivity index (χ2n) is 9.04. The molecule has 0 aliphatic heterocycles. The van der Waals surface area contributed by atoms with Crippen molar-refractivity contribution in [2.24, 2.45) is 23.5 Å². The van der Waals surface area contributed by atoms with Crippen molar-refractivity contribution in [3.8, 4) is 0 Å². The molecule has 30 heavy (non-hydrogen) atoms. The lowest BCUT2D eigenvalue weighted by molar-refractivity contribution is -0.131. The summed E-state index contributed by atoms with van der Waals surface area (Å²) in [6.45, 7) is 7.46. The van der Waals surface area contributed by atoms with Gasteiger partial charge in [-0.15, -0.1) is 0 Å². The Morgan fingerprint density at radius 2 is 1.73 bits per heavy atom. The van der Waals surface area contributed by atoms with Crippen LogP contribution in [0.5, 0.6) is 0 Å². The van der Waals surface area contributed by atoms with Crippen molar-refractivity contribution in [1.29, 1.82) is 0 Å². The molecule has 0 saturated heterocycles. The van der Waals surface area contributed by atoms with Crippen LogP contribution in [-0.4, -0.2) is 52.2 Å². The SMILES string of the molecule is CCC(C)C(N)C(=O)N[C@H](C(=O)NC[C@H](O)CC(C1CCCCC1)[P+](=O)O)C(C)C. The van der Waals surface area contributed by atoms with Crippen molar-refractivity contribution in [3.05, 3.63) is 0 Å². The molecule has 0 spiro atoms. The number of amides is 2. The standard InChI is InChI=1S/C21H40N3O5P/c1-5-14(4)18(22)20(26)24-19(13(2)3)21(27)23-12-16(25)11-17(30(28)29)15-9-7-6-8-10-15/h13-19,25H,5-12,22H2,1-4H3,(H2-,23,24,26,27,28,29)/p+1/t14?,16-,17?,18?,19+/m1/s1. The van der Waals surface area contributed by atoms with E-state index in [0.29, 0.717) is 0 Å². The van der Waals surface area contributed by atoms with Crippen molar-refractivity contribution < 1.29 is 24.2 Å². The number of aliphatic hydroxyl groups is 1. The zero-order chi connectivity index (χ0) is 22.8. The smallest absolute Gasteiger partial charge is 0.391 e. The van der Waals surface area contributed by atoms with E-state index >= 15 is 0 Å². The first-order valence-electron chi connectivity index (χ1n) is 11.2. The maximum atomic E-state index is 12.6. The van der Waals surface area contributed by atoms with Gasteiger partial charge in [0, 0.05) is 18.9 Å². The lowest BCUT2D eigenvalue weighted by Crippen LogP contribution is -2.55. The molecule has 6 N–H and O–H groups in total. The number of rotatable bonds is 12. The van der Waals surface area contributed by atoms with E-state index in [0.717, 1.165) is 38.5 Å². The van der Waals surface area contributed by atoms with Crippen molar-refractivity contribution in [2.75, 3.05) is 6.54 Å². The minimum Gasteiger partial charge on any atom is -0.391 e. The molecule has 9 heteroatoms. The summed E-state index contributed by atoms with van der Waals surface area (Å²) >= 11 is 0. The molecule has 0 aromatic rings. The molecule has 6 atom stereocenters. The molecule has 1 fully saturated rings. The highest BCUT2D eigenvalue weighted by atomic mass is 31.1. The molecule has 0 aromatic heterocycles. The Morgan fingerprint density at radius 3 is 2.23 bits per heavy atom. The van der Waals surface area contributed by atoms with Crippen LogP contribution in [0.4, 0.5) is 0 Å². The summed E-state index contributed by atoms with van der Waals surface area (Å²) < 4.78 is 11.8. The van der Waals surface area contributed by atoms with Crippen molar-refractivity contribution >= 4 is 19.8 Å². The van der Waals surface area contributed by atoms with Crippen LogP contribution in [-0.2, 0) is 14.2 Å². The van der Waals surface area contributed by atoms with Gasteiger partial charge in [0.1, 0.15) is 6.04 Å². The van der Waals surface area contributed by atoms with Crippen molar-refractivity contribution in [1.82, 2.24) is 10.6 Å². The number of hydrogen-bond donors (Lipinski definition) is 5. The molecule has 0 aromatic carbocycles. The number of nitrogens with one attached hydrogen (secondary N) is 2. The van der Waals surface area contributed by atoms with E-state index in [1.807, 2.05) is 27.7 Å². The molecule has 4 unspecified atom stereocenters. The van der Waals surface area contributed by atoms with E-state index in [-0.39, 0.29) is 36.6 Å². The van der Waals surface area contributed by atoms with Gasteiger partial charge in [0.25, 0.3) is 0 Å². The fourth-order valence-electron chi connectivity index (χ4n) is 3.97. The lowest BCUT2D eigenvalue weighted by Gasteiger charge is -2.26. The van der Waals surface area contributed by atoms with Crippen LogP contribution in [0, 0.1) is 17.8 Å². The fraction of sp³-hybridized carbons (Fsp3) is 0.905. The van der Waals surface area contributed by atoms with Crippen LogP contribution in [0.3, 0.4) is 0 Å². The molecule has 1 saturated carbocycles. The van der Waals surface area contributed by atoms with Gasteiger partial charge < -0.3 is 21.5 Å². The summed E-state index contributed by atoms with van der Waals surface area (Å²) in [6.07, 6.45) is 5.07. The summed E-state index contributed by atoms with van der Waals surface area (Å²) in [5, 5.41) is 15.8. The summed E-state index contributed by atoms with van der Waals surface area (Å²) in [7, 11) is -2.39. The molecular formula is C21H41N3O5P+. The summed E-state index contributed by atoms with van der Waals surface area (Å²) in [5.41, 5.74) is 5.50. The van der Waals surface area contributed by atoms with Crippen molar-refractivity contribution in [2.45, 2.75) is 96.5 Å². The fourth-order valence-corrected chi connectivity index (χ4v) is 5.05. The van der Waals surface area contributed by atoms with Gasteiger partial charge in [-0.2, -0.15) is 4.89 Å². The lowest BCUT2D eigenvalue weighted by atomic mass is 9.85. The van der Waals surface area contributed by atoms with Gasteiger partial charge in [-0.3, -0.25) is 9.59 Å². The zero-order valence-electron chi connectivity index (χ0n) is 18.8. The minimum atomic E-state index is -2.39. The Morgan fingerprint density at radius 1 is 1.13 bits per heavy atom. The van der Waals surface area contributed by atoms with Crippen LogP contribution in [0.2, 0.25) is 0 Å². The second kappa shape index (κ2) is 13.4.